The zero-order valence-electron chi connectivity index (χ0n) is 17.2. The highest BCUT2D eigenvalue weighted by Gasteiger charge is 2.24. The number of pyridine rings is 1. The van der Waals surface area contributed by atoms with Gasteiger partial charge < -0.3 is 19.2 Å². The second kappa shape index (κ2) is 8.87. The molecule has 3 rings (SSSR count). The fourth-order valence-electron chi connectivity index (χ4n) is 3.46. The number of imidazole rings is 1. The summed E-state index contributed by atoms with van der Waals surface area (Å²) in [5, 5.41) is 3.01. The van der Waals surface area contributed by atoms with Crippen LogP contribution in [0.5, 0.6) is 0 Å². The highest BCUT2D eigenvalue weighted by Crippen LogP contribution is 2.21. The Morgan fingerprint density at radius 2 is 1.97 bits per heavy atom. The van der Waals surface area contributed by atoms with Crippen LogP contribution < -0.4 is 10.9 Å². The molecule has 0 aliphatic rings. The van der Waals surface area contributed by atoms with Crippen LogP contribution in [0.1, 0.15) is 39.0 Å². The zero-order chi connectivity index (χ0) is 21.0. The summed E-state index contributed by atoms with van der Waals surface area (Å²) in [6.07, 6.45) is 3.51. The number of rotatable bonds is 7. The number of hydrogen-bond acceptors (Lipinski definition) is 4. The monoisotopic (exact) mass is 394 g/mol. The van der Waals surface area contributed by atoms with Gasteiger partial charge in [-0.25, -0.2) is 4.98 Å². The standard InChI is InChI=1S/C22H26N4O3/c1-15-14-16(2)26(12-13-29-4)22(28)18(15)21(27)24-19(17-8-6-5-7-9-17)20-23-10-11-25(20)3/h5-11,14,19H,12-13H2,1-4H3,(H,24,27). The molecule has 0 aliphatic heterocycles. The summed E-state index contributed by atoms with van der Waals surface area (Å²) in [6.45, 7) is 4.42. The zero-order valence-corrected chi connectivity index (χ0v) is 17.2. The van der Waals surface area contributed by atoms with Crippen molar-refractivity contribution < 1.29 is 9.53 Å². The predicted molar refractivity (Wildman–Crippen MR) is 111 cm³/mol. The third-order valence-corrected chi connectivity index (χ3v) is 4.98. The van der Waals surface area contributed by atoms with E-state index >= 15 is 0 Å². The van der Waals surface area contributed by atoms with Gasteiger partial charge in [0, 0.05) is 38.8 Å². The highest BCUT2D eigenvalue weighted by molar-refractivity contribution is 5.95. The Morgan fingerprint density at radius 3 is 2.59 bits per heavy atom. The lowest BCUT2D eigenvalue weighted by Crippen LogP contribution is -2.38. The summed E-state index contributed by atoms with van der Waals surface area (Å²) < 4.78 is 8.53. The van der Waals surface area contributed by atoms with E-state index in [1.165, 1.54) is 0 Å². The molecule has 0 fully saturated rings. The number of hydrogen-bond donors (Lipinski definition) is 1. The Morgan fingerprint density at radius 1 is 1.24 bits per heavy atom. The summed E-state index contributed by atoms with van der Waals surface area (Å²) >= 11 is 0. The molecule has 2 aromatic heterocycles. The number of ether oxygens (including phenoxy) is 1. The molecule has 29 heavy (non-hydrogen) atoms. The smallest absolute Gasteiger partial charge is 0.263 e. The van der Waals surface area contributed by atoms with Crippen molar-refractivity contribution in [2.24, 2.45) is 7.05 Å². The molecule has 1 unspecified atom stereocenters. The maximum atomic E-state index is 13.2. The second-order valence-electron chi connectivity index (χ2n) is 7.01. The molecule has 0 saturated heterocycles. The van der Waals surface area contributed by atoms with Crippen molar-refractivity contribution >= 4 is 5.91 Å². The van der Waals surface area contributed by atoms with Crippen molar-refractivity contribution in [1.82, 2.24) is 19.4 Å². The van der Waals surface area contributed by atoms with Crippen LogP contribution in [0, 0.1) is 13.8 Å². The number of amides is 1. The van der Waals surface area contributed by atoms with E-state index in [4.69, 9.17) is 4.74 Å². The van der Waals surface area contributed by atoms with Crippen LogP contribution in [0.2, 0.25) is 0 Å². The predicted octanol–water partition coefficient (Wildman–Crippen LogP) is 2.36. The molecular weight excluding hydrogens is 368 g/mol. The van der Waals surface area contributed by atoms with E-state index in [0.717, 1.165) is 11.3 Å². The van der Waals surface area contributed by atoms with Gasteiger partial charge >= 0.3 is 0 Å². The SMILES string of the molecule is COCCn1c(C)cc(C)c(C(=O)NC(c2ccccc2)c2nccn2C)c1=O. The van der Waals surface area contributed by atoms with Gasteiger partial charge in [0.25, 0.3) is 11.5 Å². The Bertz CT molecular complexity index is 1050. The van der Waals surface area contributed by atoms with E-state index in [2.05, 4.69) is 10.3 Å². The average Bonchev–Trinajstić information content (AvgIpc) is 3.12. The first-order chi connectivity index (χ1) is 13.9. The molecule has 152 valence electrons. The molecule has 1 N–H and O–H groups in total. The number of aromatic nitrogens is 3. The van der Waals surface area contributed by atoms with E-state index in [1.54, 1.807) is 24.8 Å². The number of benzene rings is 1. The van der Waals surface area contributed by atoms with Gasteiger partial charge in [0.05, 0.1) is 6.61 Å². The molecule has 0 spiro atoms. The summed E-state index contributed by atoms with van der Waals surface area (Å²) in [4.78, 5) is 30.7. The van der Waals surface area contributed by atoms with Crippen molar-refractivity contribution in [1.29, 1.82) is 0 Å². The quantitative estimate of drug-likeness (QED) is 0.667. The maximum absolute atomic E-state index is 13.2. The lowest BCUT2D eigenvalue weighted by atomic mass is 10.0. The molecule has 1 amide bonds. The van der Waals surface area contributed by atoms with Crippen LogP contribution in [-0.2, 0) is 18.3 Å². The maximum Gasteiger partial charge on any atom is 0.263 e. The second-order valence-corrected chi connectivity index (χ2v) is 7.01. The fourth-order valence-corrected chi connectivity index (χ4v) is 3.46. The fraction of sp³-hybridized carbons (Fsp3) is 0.318. The average molecular weight is 394 g/mol. The normalized spacial score (nSPS) is 12.0. The van der Waals surface area contributed by atoms with Gasteiger partial charge in [0.1, 0.15) is 17.4 Å². The van der Waals surface area contributed by atoms with E-state index in [9.17, 15) is 9.59 Å². The number of methoxy groups -OCH3 is 1. The lowest BCUT2D eigenvalue weighted by Gasteiger charge is -2.20. The lowest BCUT2D eigenvalue weighted by molar-refractivity contribution is 0.0938. The molecule has 0 radical (unpaired) electrons. The topological polar surface area (TPSA) is 78.2 Å². The van der Waals surface area contributed by atoms with Gasteiger partial charge in [0.15, 0.2) is 0 Å². The van der Waals surface area contributed by atoms with Crippen LogP contribution in [0.15, 0.2) is 53.6 Å². The van der Waals surface area contributed by atoms with Gasteiger partial charge in [0.2, 0.25) is 0 Å². The Labute approximate surface area is 170 Å². The highest BCUT2D eigenvalue weighted by atomic mass is 16.5. The molecule has 2 heterocycles. The van der Waals surface area contributed by atoms with Crippen LogP contribution in [0.25, 0.3) is 0 Å². The summed E-state index contributed by atoms with van der Waals surface area (Å²) in [7, 11) is 3.46. The van der Waals surface area contributed by atoms with Gasteiger partial charge in [-0.1, -0.05) is 30.3 Å². The van der Waals surface area contributed by atoms with Gasteiger partial charge in [-0.3, -0.25) is 9.59 Å². The van der Waals surface area contributed by atoms with Crippen LogP contribution in [-0.4, -0.2) is 33.7 Å². The first-order valence-electron chi connectivity index (χ1n) is 9.47. The van der Waals surface area contributed by atoms with Crippen molar-refractivity contribution in [3.63, 3.8) is 0 Å². The molecule has 0 aliphatic carbocycles. The molecule has 0 saturated carbocycles. The Hall–Kier alpha value is -3.19. The molecule has 0 bridgehead atoms. The van der Waals surface area contributed by atoms with E-state index in [0.29, 0.717) is 24.5 Å². The molecule has 7 nitrogen and oxygen atoms in total. The summed E-state index contributed by atoms with van der Waals surface area (Å²) in [5.74, 6) is 0.268. The number of aryl methyl sites for hydroxylation is 3. The third-order valence-electron chi connectivity index (χ3n) is 4.98. The van der Waals surface area contributed by atoms with E-state index < -0.39 is 11.9 Å². The van der Waals surface area contributed by atoms with Crippen LogP contribution in [0.4, 0.5) is 0 Å². The number of carbonyl (C=O) groups is 1. The Kier molecular flexibility index (Phi) is 6.29. The number of carbonyl (C=O) groups excluding carboxylic acids is 1. The first kappa shape index (κ1) is 20.5. The molecule has 1 aromatic carbocycles. The van der Waals surface area contributed by atoms with Gasteiger partial charge in [-0.2, -0.15) is 0 Å². The largest absolute Gasteiger partial charge is 0.383 e. The van der Waals surface area contributed by atoms with Crippen molar-refractivity contribution in [3.8, 4) is 0 Å². The molecule has 7 heteroatoms. The van der Waals surface area contributed by atoms with Crippen LogP contribution in [0.3, 0.4) is 0 Å². The molecular formula is C22H26N4O3. The molecule has 1 atom stereocenters. The van der Waals surface area contributed by atoms with Gasteiger partial charge in [-0.15, -0.1) is 0 Å². The Balaban J connectivity index is 2.01. The summed E-state index contributed by atoms with van der Waals surface area (Å²) in [5.41, 5.74) is 2.15. The van der Waals surface area contributed by atoms with E-state index in [1.807, 2.05) is 61.1 Å². The van der Waals surface area contributed by atoms with Crippen LogP contribution >= 0.6 is 0 Å². The minimum absolute atomic E-state index is 0.141. The van der Waals surface area contributed by atoms with Crippen molar-refractivity contribution in [2.75, 3.05) is 13.7 Å². The van der Waals surface area contributed by atoms with Crippen molar-refractivity contribution in [2.45, 2.75) is 26.4 Å². The first-order valence-corrected chi connectivity index (χ1v) is 9.47. The minimum atomic E-state index is -0.476. The minimum Gasteiger partial charge on any atom is -0.383 e. The summed E-state index contributed by atoms with van der Waals surface area (Å²) in [6, 6.07) is 11.0. The van der Waals surface area contributed by atoms with Gasteiger partial charge in [-0.05, 0) is 31.0 Å². The third kappa shape index (κ3) is 4.30. The van der Waals surface area contributed by atoms with E-state index in [-0.39, 0.29) is 11.1 Å². The number of nitrogens with one attached hydrogen (secondary N) is 1. The number of nitrogens with zero attached hydrogens (tertiary/aromatic N) is 3. The van der Waals surface area contributed by atoms with Crippen molar-refractivity contribution in [3.05, 3.63) is 87.4 Å². The molecule has 3 aromatic rings.